The van der Waals surface area contributed by atoms with Crippen LogP contribution >= 0.6 is 0 Å². The Kier molecular flexibility index (Phi) is 2.03. The first kappa shape index (κ1) is 8.95. The maximum atomic E-state index is 11.7. The molecule has 68 valence electrons. The van der Waals surface area contributed by atoms with Crippen molar-refractivity contribution in [2.75, 3.05) is 0 Å². The summed E-state index contributed by atoms with van der Waals surface area (Å²) in [4.78, 5) is 2.77. The molecule has 0 bridgehead atoms. The molecular formula is C5H3F5N2. The standard InChI is InChI=1S/C5H3F5N2/c6-4(7)12-1-3(11-2-12)5(8,9)10/h1-2,4H. The molecule has 12 heavy (non-hydrogen) atoms. The van der Waals surface area contributed by atoms with E-state index in [1.165, 1.54) is 0 Å². The first-order valence-corrected chi connectivity index (χ1v) is 2.80. The summed E-state index contributed by atoms with van der Waals surface area (Å²) in [5.41, 5.74) is -1.32. The van der Waals surface area contributed by atoms with Gasteiger partial charge in [0.25, 0.3) is 0 Å². The second-order valence-corrected chi connectivity index (χ2v) is 1.98. The van der Waals surface area contributed by atoms with Crippen LogP contribution in [0.15, 0.2) is 12.5 Å². The number of hydrogen-bond acceptors (Lipinski definition) is 1. The van der Waals surface area contributed by atoms with Gasteiger partial charge in [-0.2, -0.15) is 22.0 Å². The van der Waals surface area contributed by atoms with Crippen LogP contribution in [0.1, 0.15) is 12.2 Å². The molecule has 0 saturated heterocycles. The van der Waals surface area contributed by atoms with Crippen molar-refractivity contribution in [2.45, 2.75) is 12.7 Å². The molecule has 0 atom stereocenters. The van der Waals surface area contributed by atoms with E-state index in [4.69, 9.17) is 0 Å². The first-order chi connectivity index (χ1) is 5.41. The van der Waals surface area contributed by atoms with Crippen molar-refractivity contribution in [3.8, 4) is 0 Å². The first-order valence-electron chi connectivity index (χ1n) is 2.80. The predicted octanol–water partition coefficient (Wildman–Crippen LogP) is 2.30. The molecule has 0 aromatic carbocycles. The van der Waals surface area contributed by atoms with Crippen molar-refractivity contribution in [2.24, 2.45) is 0 Å². The van der Waals surface area contributed by atoms with E-state index in [-0.39, 0.29) is 10.8 Å². The lowest BCUT2D eigenvalue weighted by atomic mass is 10.5. The fourth-order valence-electron chi connectivity index (χ4n) is 0.590. The van der Waals surface area contributed by atoms with E-state index in [1.807, 2.05) is 0 Å². The highest BCUT2D eigenvalue weighted by Gasteiger charge is 2.33. The SMILES string of the molecule is FC(F)n1cnc(C(F)(F)F)c1. The quantitative estimate of drug-likeness (QED) is 0.615. The van der Waals surface area contributed by atoms with Gasteiger partial charge in [-0.3, -0.25) is 4.57 Å². The summed E-state index contributed by atoms with van der Waals surface area (Å²) >= 11 is 0. The molecule has 0 unspecified atom stereocenters. The summed E-state index contributed by atoms with van der Waals surface area (Å²) < 4.78 is 58.8. The Morgan fingerprint density at radius 1 is 1.33 bits per heavy atom. The van der Waals surface area contributed by atoms with E-state index < -0.39 is 18.4 Å². The third kappa shape index (κ3) is 1.72. The van der Waals surface area contributed by atoms with Crippen molar-refractivity contribution in [3.05, 3.63) is 18.2 Å². The van der Waals surface area contributed by atoms with E-state index >= 15 is 0 Å². The number of aromatic nitrogens is 2. The summed E-state index contributed by atoms with van der Waals surface area (Å²) in [7, 11) is 0. The maximum absolute atomic E-state index is 11.7. The lowest BCUT2D eigenvalue weighted by Gasteiger charge is -2.00. The van der Waals surface area contributed by atoms with Crippen molar-refractivity contribution < 1.29 is 22.0 Å². The minimum atomic E-state index is -4.67. The van der Waals surface area contributed by atoms with Gasteiger partial charge in [0.2, 0.25) is 0 Å². The molecule has 0 saturated carbocycles. The second-order valence-electron chi connectivity index (χ2n) is 1.98. The van der Waals surface area contributed by atoms with Crippen LogP contribution in [0.25, 0.3) is 0 Å². The fourth-order valence-corrected chi connectivity index (χ4v) is 0.590. The molecule has 7 heteroatoms. The van der Waals surface area contributed by atoms with Crippen LogP contribution in [0.3, 0.4) is 0 Å². The summed E-state index contributed by atoms with van der Waals surface area (Å²) in [6.07, 6.45) is -3.97. The smallest absolute Gasteiger partial charge is 0.280 e. The molecule has 1 rings (SSSR count). The normalized spacial score (nSPS) is 12.5. The molecule has 0 radical (unpaired) electrons. The Morgan fingerprint density at radius 3 is 2.17 bits per heavy atom. The number of nitrogens with zero attached hydrogens (tertiary/aromatic N) is 2. The van der Waals surface area contributed by atoms with Gasteiger partial charge in [-0.05, 0) is 0 Å². The molecule has 0 aliphatic heterocycles. The predicted molar refractivity (Wildman–Crippen MR) is 28.5 cm³/mol. The molecule has 1 aromatic heterocycles. The zero-order chi connectivity index (χ0) is 9.35. The van der Waals surface area contributed by atoms with Gasteiger partial charge in [-0.1, -0.05) is 0 Å². The molecule has 0 aliphatic rings. The number of imidazole rings is 1. The second kappa shape index (κ2) is 2.72. The lowest BCUT2D eigenvalue weighted by molar-refractivity contribution is -0.141. The van der Waals surface area contributed by atoms with Crippen molar-refractivity contribution in [1.82, 2.24) is 9.55 Å². The summed E-state index contributed by atoms with van der Waals surface area (Å²) in [5.74, 6) is 0. The Balaban J connectivity index is 2.92. The summed E-state index contributed by atoms with van der Waals surface area (Å²) in [6.45, 7) is -2.99. The average molecular weight is 186 g/mol. The highest BCUT2D eigenvalue weighted by atomic mass is 19.4. The van der Waals surface area contributed by atoms with Crippen LogP contribution < -0.4 is 0 Å². The molecule has 0 fully saturated rings. The zero-order valence-electron chi connectivity index (χ0n) is 5.52. The molecule has 1 heterocycles. The van der Waals surface area contributed by atoms with Gasteiger partial charge in [-0.15, -0.1) is 0 Å². The maximum Gasteiger partial charge on any atom is 0.434 e. The highest BCUT2D eigenvalue weighted by Crippen LogP contribution is 2.28. The van der Waals surface area contributed by atoms with E-state index in [1.54, 1.807) is 0 Å². The number of halogens is 5. The molecule has 0 N–H and O–H groups in total. The molecule has 1 aromatic rings. The topological polar surface area (TPSA) is 17.8 Å². The van der Waals surface area contributed by atoms with Crippen LogP contribution in [0, 0.1) is 0 Å². The van der Waals surface area contributed by atoms with Crippen molar-refractivity contribution in [3.63, 3.8) is 0 Å². The highest BCUT2D eigenvalue weighted by molar-refractivity contribution is 5.01. The van der Waals surface area contributed by atoms with E-state index in [9.17, 15) is 22.0 Å². The lowest BCUT2D eigenvalue weighted by Crippen LogP contribution is -2.05. The number of rotatable bonds is 1. The van der Waals surface area contributed by atoms with Gasteiger partial charge in [0.1, 0.15) is 0 Å². The Morgan fingerprint density at radius 2 is 1.92 bits per heavy atom. The van der Waals surface area contributed by atoms with Crippen molar-refractivity contribution in [1.29, 1.82) is 0 Å². The van der Waals surface area contributed by atoms with Gasteiger partial charge in [-0.25, -0.2) is 4.98 Å². The zero-order valence-corrected chi connectivity index (χ0v) is 5.52. The van der Waals surface area contributed by atoms with Gasteiger partial charge in [0, 0.05) is 6.20 Å². The Bertz CT molecular complexity index is 263. The van der Waals surface area contributed by atoms with Crippen LogP contribution in [0.2, 0.25) is 0 Å². The number of hydrogen-bond donors (Lipinski definition) is 0. The third-order valence-corrected chi connectivity index (χ3v) is 1.12. The monoisotopic (exact) mass is 186 g/mol. The van der Waals surface area contributed by atoms with Crippen LogP contribution in [0.4, 0.5) is 22.0 Å². The molecule has 0 aliphatic carbocycles. The summed E-state index contributed by atoms with van der Waals surface area (Å²) in [6, 6.07) is 0. The summed E-state index contributed by atoms with van der Waals surface area (Å²) in [5, 5.41) is 0. The minimum absolute atomic E-state index is 0.0861. The van der Waals surface area contributed by atoms with Crippen molar-refractivity contribution >= 4 is 0 Å². The number of alkyl halides is 5. The average Bonchev–Trinajstić information content (AvgIpc) is 2.30. The third-order valence-electron chi connectivity index (χ3n) is 1.12. The molecule has 0 spiro atoms. The molecular weight excluding hydrogens is 183 g/mol. The molecule has 0 amide bonds. The minimum Gasteiger partial charge on any atom is -0.280 e. The fraction of sp³-hybridized carbons (Fsp3) is 0.400. The van der Waals surface area contributed by atoms with Gasteiger partial charge in [0.05, 0.1) is 6.33 Å². The Labute approximate surface area is 63.6 Å². The van der Waals surface area contributed by atoms with Crippen LogP contribution in [-0.4, -0.2) is 9.55 Å². The van der Waals surface area contributed by atoms with E-state index in [2.05, 4.69) is 4.98 Å². The largest absolute Gasteiger partial charge is 0.434 e. The van der Waals surface area contributed by atoms with Gasteiger partial charge >= 0.3 is 12.7 Å². The van der Waals surface area contributed by atoms with E-state index in [0.717, 1.165) is 0 Å². The van der Waals surface area contributed by atoms with Gasteiger partial charge < -0.3 is 0 Å². The van der Waals surface area contributed by atoms with Gasteiger partial charge in [0.15, 0.2) is 5.69 Å². The Hall–Kier alpha value is -1.14. The van der Waals surface area contributed by atoms with E-state index in [0.29, 0.717) is 6.33 Å². The van der Waals surface area contributed by atoms with Crippen LogP contribution in [-0.2, 0) is 6.18 Å². The molecule has 2 nitrogen and oxygen atoms in total. The van der Waals surface area contributed by atoms with Crippen LogP contribution in [0.5, 0.6) is 0 Å².